The van der Waals surface area contributed by atoms with E-state index < -0.39 is 0 Å². The molecule has 0 aromatic rings. The van der Waals surface area contributed by atoms with E-state index in [2.05, 4.69) is 11.6 Å². The summed E-state index contributed by atoms with van der Waals surface area (Å²) in [5, 5.41) is 4.01. The first-order valence-corrected chi connectivity index (χ1v) is 8.56. The Bertz CT molecular complexity index is 334. The molecule has 3 aliphatic rings. The fraction of sp³-hybridized carbons (Fsp3) is 0.929. The Morgan fingerprint density at radius 3 is 2.56 bits per heavy atom. The third-order valence-corrected chi connectivity index (χ3v) is 6.44. The van der Waals surface area contributed by atoms with Gasteiger partial charge in [-0.1, -0.05) is 0 Å². The van der Waals surface area contributed by atoms with Crippen molar-refractivity contribution < 1.29 is 4.79 Å². The van der Waals surface area contributed by atoms with Crippen LogP contribution in [0.5, 0.6) is 0 Å². The molecular formula is C14H24N2OS. The number of carbonyl (C=O) groups is 1. The van der Waals surface area contributed by atoms with Crippen molar-refractivity contribution >= 4 is 17.7 Å². The lowest BCUT2D eigenvalue weighted by Gasteiger charge is -2.28. The summed E-state index contributed by atoms with van der Waals surface area (Å²) in [6.45, 7) is 0. The van der Waals surface area contributed by atoms with E-state index in [0.717, 1.165) is 18.1 Å². The Morgan fingerprint density at radius 2 is 1.94 bits per heavy atom. The van der Waals surface area contributed by atoms with Crippen LogP contribution in [0.1, 0.15) is 38.5 Å². The average Bonchev–Trinajstić information content (AvgIpc) is 3.03. The van der Waals surface area contributed by atoms with Gasteiger partial charge in [0.05, 0.1) is 5.92 Å². The molecule has 3 aliphatic carbocycles. The maximum Gasteiger partial charge on any atom is 0.225 e. The first-order valence-electron chi connectivity index (χ1n) is 7.27. The van der Waals surface area contributed by atoms with Crippen LogP contribution < -0.4 is 11.1 Å². The van der Waals surface area contributed by atoms with Crippen LogP contribution in [-0.4, -0.2) is 29.5 Å². The minimum absolute atomic E-state index is 0.108. The largest absolute Gasteiger partial charge is 0.353 e. The molecule has 2 bridgehead atoms. The first kappa shape index (κ1) is 12.8. The van der Waals surface area contributed by atoms with Gasteiger partial charge < -0.3 is 11.1 Å². The van der Waals surface area contributed by atoms with Crippen LogP contribution in [0.4, 0.5) is 0 Å². The quantitative estimate of drug-likeness (QED) is 0.820. The Morgan fingerprint density at radius 1 is 1.17 bits per heavy atom. The van der Waals surface area contributed by atoms with Crippen LogP contribution in [0.15, 0.2) is 0 Å². The van der Waals surface area contributed by atoms with E-state index in [1.807, 2.05) is 11.8 Å². The van der Waals surface area contributed by atoms with Crippen molar-refractivity contribution in [1.29, 1.82) is 0 Å². The molecule has 3 fully saturated rings. The van der Waals surface area contributed by atoms with Crippen LogP contribution in [0.2, 0.25) is 0 Å². The lowest BCUT2D eigenvalue weighted by Crippen LogP contribution is -2.47. The second-order valence-electron chi connectivity index (χ2n) is 6.31. The number of nitrogens with one attached hydrogen (secondary N) is 1. The summed E-state index contributed by atoms with van der Waals surface area (Å²) < 4.78 is 0. The van der Waals surface area contributed by atoms with Gasteiger partial charge in [0.2, 0.25) is 5.91 Å². The van der Waals surface area contributed by atoms with E-state index in [4.69, 9.17) is 5.73 Å². The van der Waals surface area contributed by atoms with Crippen molar-refractivity contribution in [3.8, 4) is 0 Å². The zero-order chi connectivity index (χ0) is 12.7. The third-order valence-electron chi connectivity index (χ3n) is 5.35. The topological polar surface area (TPSA) is 55.1 Å². The molecule has 18 heavy (non-hydrogen) atoms. The number of nitrogens with two attached hydrogens (primary N) is 1. The van der Waals surface area contributed by atoms with E-state index in [9.17, 15) is 4.79 Å². The zero-order valence-electron chi connectivity index (χ0n) is 11.1. The van der Waals surface area contributed by atoms with Gasteiger partial charge in [-0.2, -0.15) is 11.8 Å². The van der Waals surface area contributed by atoms with Crippen LogP contribution in [0.25, 0.3) is 0 Å². The van der Waals surface area contributed by atoms with Gasteiger partial charge in [0.25, 0.3) is 0 Å². The predicted octanol–water partition coefficient (Wildman–Crippen LogP) is 1.76. The number of fused-ring (bicyclic) bond motifs is 2. The van der Waals surface area contributed by atoms with Gasteiger partial charge in [-0.15, -0.1) is 0 Å². The maximum absolute atomic E-state index is 12.4. The fourth-order valence-electron chi connectivity index (χ4n) is 4.31. The summed E-state index contributed by atoms with van der Waals surface area (Å²) in [5.41, 5.74) is 6.23. The number of carbonyl (C=O) groups excluding carboxylic acids is 1. The van der Waals surface area contributed by atoms with E-state index in [0.29, 0.717) is 17.9 Å². The molecule has 0 heterocycles. The van der Waals surface area contributed by atoms with E-state index in [-0.39, 0.29) is 17.9 Å². The number of thioether (sulfide) groups is 1. The van der Waals surface area contributed by atoms with Gasteiger partial charge in [-0.05, 0) is 56.6 Å². The molecule has 102 valence electrons. The van der Waals surface area contributed by atoms with Gasteiger partial charge in [-0.3, -0.25) is 4.79 Å². The standard InChI is InChI=1S/C14H24N2OS/c1-18-11-5-4-10(7-11)16-14(17)12-8-2-3-9(6-8)13(12)15/h8-13H,2-7,15H2,1H3,(H,16,17). The predicted molar refractivity (Wildman–Crippen MR) is 75.4 cm³/mol. The normalized spacial score (nSPS) is 46.6. The van der Waals surface area contributed by atoms with Crippen molar-refractivity contribution in [2.45, 2.75) is 55.9 Å². The SMILES string of the molecule is CSC1CCC(NC(=O)C2C3CCC(C3)C2N)C1. The molecule has 0 saturated heterocycles. The van der Waals surface area contributed by atoms with E-state index in [1.165, 1.54) is 25.7 Å². The number of hydrogen-bond acceptors (Lipinski definition) is 3. The lowest BCUT2D eigenvalue weighted by molar-refractivity contribution is -0.127. The van der Waals surface area contributed by atoms with Gasteiger partial charge >= 0.3 is 0 Å². The minimum atomic E-state index is 0.108. The highest BCUT2D eigenvalue weighted by Gasteiger charge is 2.49. The van der Waals surface area contributed by atoms with Crippen LogP contribution >= 0.6 is 11.8 Å². The highest BCUT2D eigenvalue weighted by atomic mass is 32.2. The Kier molecular flexibility index (Phi) is 3.59. The van der Waals surface area contributed by atoms with E-state index in [1.54, 1.807) is 0 Å². The third kappa shape index (κ3) is 2.18. The molecule has 0 aromatic carbocycles. The molecule has 0 spiro atoms. The van der Waals surface area contributed by atoms with Crippen molar-refractivity contribution in [3.05, 3.63) is 0 Å². The summed E-state index contributed by atoms with van der Waals surface area (Å²) in [6.07, 6.45) is 9.35. The number of hydrogen-bond donors (Lipinski definition) is 2. The molecule has 3 saturated carbocycles. The molecule has 3 N–H and O–H groups in total. The molecule has 0 aromatic heterocycles. The summed E-state index contributed by atoms with van der Waals surface area (Å²) in [4.78, 5) is 12.4. The number of rotatable bonds is 3. The van der Waals surface area contributed by atoms with Crippen molar-refractivity contribution in [2.75, 3.05) is 6.26 Å². The minimum Gasteiger partial charge on any atom is -0.353 e. The Labute approximate surface area is 114 Å². The Balaban J connectivity index is 1.56. The maximum atomic E-state index is 12.4. The summed E-state index contributed by atoms with van der Waals surface area (Å²) >= 11 is 1.93. The summed E-state index contributed by atoms with van der Waals surface area (Å²) in [5.74, 6) is 1.55. The first-order chi connectivity index (χ1) is 8.69. The van der Waals surface area contributed by atoms with Gasteiger partial charge in [0, 0.05) is 17.3 Å². The summed E-state index contributed by atoms with van der Waals surface area (Å²) in [7, 11) is 0. The van der Waals surface area contributed by atoms with Crippen molar-refractivity contribution in [3.63, 3.8) is 0 Å². The Hall–Kier alpha value is -0.220. The smallest absolute Gasteiger partial charge is 0.225 e. The molecular weight excluding hydrogens is 244 g/mol. The van der Waals surface area contributed by atoms with Gasteiger partial charge in [0.15, 0.2) is 0 Å². The van der Waals surface area contributed by atoms with Crippen molar-refractivity contribution in [1.82, 2.24) is 5.32 Å². The number of amides is 1. The molecule has 1 amide bonds. The fourth-order valence-corrected chi connectivity index (χ4v) is 5.10. The van der Waals surface area contributed by atoms with E-state index >= 15 is 0 Å². The van der Waals surface area contributed by atoms with Gasteiger partial charge in [0.1, 0.15) is 0 Å². The van der Waals surface area contributed by atoms with Crippen LogP contribution in [0, 0.1) is 17.8 Å². The highest BCUT2D eigenvalue weighted by molar-refractivity contribution is 7.99. The molecule has 3 rings (SSSR count). The second-order valence-corrected chi connectivity index (χ2v) is 7.45. The monoisotopic (exact) mass is 268 g/mol. The molecule has 3 nitrogen and oxygen atoms in total. The molecule has 4 heteroatoms. The van der Waals surface area contributed by atoms with Gasteiger partial charge in [-0.25, -0.2) is 0 Å². The highest BCUT2D eigenvalue weighted by Crippen LogP contribution is 2.47. The van der Waals surface area contributed by atoms with Crippen LogP contribution in [-0.2, 0) is 4.79 Å². The second kappa shape index (κ2) is 5.04. The zero-order valence-corrected chi connectivity index (χ0v) is 11.9. The van der Waals surface area contributed by atoms with Crippen LogP contribution in [0.3, 0.4) is 0 Å². The molecule has 6 atom stereocenters. The summed E-state index contributed by atoms with van der Waals surface area (Å²) in [6, 6.07) is 0.530. The average molecular weight is 268 g/mol. The molecule has 6 unspecified atom stereocenters. The lowest BCUT2D eigenvalue weighted by atomic mass is 9.84. The molecule has 0 radical (unpaired) electrons. The van der Waals surface area contributed by atoms with Crippen molar-refractivity contribution in [2.24, 2.45) is 23.5 Å². The molecule has 0 aliphatic heterocycles.